The van der Waals surface area contributed by atoms with Crippen LogP contribution in [0.15, 0.2) is 48.5 Å². The molecule has 0 radical (unpaired) electrons. The molecular weight excluding hydrogens is 320 g/mol. The van der Waals surface area contributed by atoms with E-state index in [9.17, 15) is 14.9 Å². The Labute approximate surface area is 147 Å². The molecule has 2 aromatic rings. The van der Waals surface area contributed by atoms with Gasteiger partial charge in [-0.25, -0.2) is 0 Å². The molecule has 6 nitrogen and oxygen atoms in total. The monoisotopic (exact) mass is 342 g/mol. The van der Waals surface area contributed by atoms with Gasteiger partial charge in [0.15, 0.2) is 6.10 Å². The average Bonchev–Trinajstić information content (AvgIpc) is 2.54. The van der Waals surface area contributed by atoms with Crippen molar-refractivity contribution < 1.29 is 14.5 Å². The first-order valence-corrected chi connectivity index (χ1v) is 8.00. The molecule has 0 aliphatic heterocycles. The molecule has 25 heavy (non-hydrogen) atoms. The van der Waals surface area contributed by atoms with Crippen LogP contribution in [-0.4, -0.2) is 16.9 Å². The van der Waals surface area contributed by atoms with Crippen molar-refractivity contribution in [1.29, 1.82) is 0 Å². The van der Waals surface area contributed by atoms with Gasteiger partial charge in [0.05, 0.1) is 4.92 Å². The highest BCUT2D eigenvalue weighted by Gasteiger charge is 2.23. The first kappa shape index (κ1) is 18.4. The highest BCUT2D eigenvalue weighted by Crippen LogP contribution is 2.31. The van der Waals surface area contributed by atoms with Crippen molar-refractivity contribution in [3.8, 4) is 5.75 Å². The van der Waals surface area contributed by atoms with E-state index in [1.807, 2.05) is 24.3 Å². The molecule has 132 valence electrons. The number of rotatable bonds is 5. The number of hydrogen-bond donors (Lipinski definition) is 1. The van der Waals surface area contributed by atoms with E-state index in [0.717, 1.165) is 5.56 Å². The topological polar surface area (TPSA) is 81.5 Å². The van der Waals surface area contributed by atoms with E-state index in [4.69, 9.17) is 4.74 Å². The number of benzene rings is 2. The SMILES string of the molecule is CC(Oc1ccccc1C(C)(C)C)C(=O)Nc1ccccc1[N+](=O)[O-]. The van der Waals surface area contributed by atoms with Gasteiger partial charge in [0.25, 0.3) is 11.6 Å². The second kappa shape index (κ2) is 7.34. The first-order chi connectivity index (χ1) is 11.7. The summed E-state index contributed by atoms with van der Waals surface area (Å²) in [6.07, 6.45) is -0.802. The van der Waals surface area contributed by atoms with E-state index in [2.05, 4.69) is 26.1 Å². The molecule has 0 aliphatic rings. The summed E-state index contributed by atoms with van der Waals surface area (Å²) >= 11 is 0. The number of nitrogens with zero attached hydrogens (tertiary/aromatic N) is 1. The molecule has 2 rings (SSSR count). The molecule has 0 bridgehead atoms. The third-order valence-electron chi connectivity index (χ3n) is 3.73. The first-order valence-electron chi connectivity index (χ1n) is 8.00. The van der Waals surface area contributed by atoms with E-state index >= 15 is 0 Å². The summed E-state index contributed by atoms with van der Waals surface area (Å²) in [4.78, 5) is 22.9. The minimum atomic E-state index is -0.802. The Morgan fingerprint density at radius 3 is 2.36 bits per heavy atom. The van der Waals surface area contributed by atoms with Crippen LogP contribution in [-0.2, 0) is 10.2 Å². The second-order valence-electron chi connectivity index (χ2n) is 6.77. The molecule has 1 atom stereocenters. The van der Waals surface area contributed by atoms with Gasteiger partial charge in [0.1, 0.15) is 11.4 Å². The number of para-hydroxylation sites is 3. The van der Waals surface area contributed by atoms with Crippen molar-refractivity contribution in [2.75, 3.05) is 5.32 Å². The fourth-order valence-electron chi connectivity index (χ4n) is 2.41. The Morgan fingerprint density at radius 1 is 1.12 bits per heavy atom. The number of nitro benzene ring substituents is 1. The van der Waals surface area contributed by atoms with Crippen molar-refractivity contribution in [2.45, 2.75) is 39.2 Å². The summed E-state index contributed by atoms with van der Waals surface area (Å²) in [6, 6.07) is 13.6. The van der Waals surface area contributed by atoms with Crippen molar-refractivity contribution in [1.82, 2.24) is 0 Å². The van der Waals surface area contributed by atoms with E-state index < -0.39 is 16.9 Å². The summed E-state index contributed by atoms with van der Waals surface area (Å²) in [6.45, 7) is 7.80. The molecule has 1 amide bonds. The van der Waals surface area contributed by atoms with Crippen LogP contribution in [0.25, 0.3) is 0 Å². The Morgan fingerprint density at radius 2 is 1.72 bits per heavy atom. The van der Waals surface area contributed by atoms with Crippen LogP contribution in [0.4, 0.5) is 11.4 Å². The number of carbonyl (C=O) groups is 1. The fourth-order valence-corrected chi connectivity index (χ4v) is 2.41. The Balaban J connectivity index is 2.16. The van der Waals surface area contributed by atoms with Crippen LogP contribution >= 0.6 is 0 Å². The highest BCUT2D eigenvalue weighted by atomic mass is 16.6. The number of carbonyl (C=O) groups excluding carboxylic acids is 1. The fraction of sp³-hybridized carbons (Fsp3) is 0.316. The van der Waals surface area contributed by atoms with Gasteiger partial charge in [-0.15, -0.1) is 0 Å². The quantitative estimate of drug-likeness (QED) is 0.649. The number of amides is 1. The minimum absolute atomic E-state index is 0.134. The molecule has 0 aromatic heterocycles. The number of nitrogens with one attached hydrogen (secondary N) is 1. The zero-order valence-corrected chi connectivity index (χ0v) is 14.8. The van der Waals surface area contributed by atoms with Crippen LogP contribution in [0.5, 0.6) is 5.75 Å². The molecule has 0 saturated heterocycles. The number of nitro groups is 1. The minimum Gasteiger partial charge on any atom is -0.481 e. The lowest BCUT2D eigenvalue weighted by Gasteiger charge is -2.24. The van der Waals surface area contributed by atoms with Crippen molar-refractivity contribution in [2.24, 2.45) is 0 Å². The summed E-state index contributed by atoms with van der Waals surface area (Å²) in [5, 5.41) is 13.6. The van der Waals surface area contributed by atoms with Crippen molar-refractivity contribution in [3.05, 3.63) is 64.2 Å². The van der Waals surface area contributed by atoms with Gasteiger partial charge in [-0.2, -0.15) is 0 Å². The zero-order chi connectivity index (χ0) is 18.6. The van der Waals surface area contributed by atoms with Crippen LogP contribution in [0.1, 0.15) is 33.3 Å². The average molecular weight is 342 g/mol. The summed E-state index contributed by atoms with van der Waals surface area (Å²) < 4.78 is 5.82. The zero-order valence-electron chi connectivity index (χ0n) is 14.8. The third kappa shape index (κ3) is 4.56. The number of anilines is 1. The van der Waals surface area contributed by atoms with Gasteiger partial charge in [0, 0.05) is 6.07 Å². The summed E-state index contributed by atoms with van der Waals surface area (Å²) in [7, 11) is 0. The molecule has 0 spiro atoms. The van der Waals surface area contributed by atoms with E-state index in [1.165, 1.54) is 12.1 Å². The van der Waals surface area contributed by atoms with Gasteiger partial charge < -0.3 is 10.1 Å². The number of ether oxygens (including phenoxy) is 1. The van der Waals surface area contributed by atoms with Gasteiger partial charge in [-0.3, -0.25) is 14.9 Å². The van der Waals surface area contributed by atoms with E-state index in [1.54, 1.807) is 19.1 Å². The molecule has 0 heterocycles. The van der Waals surface area contributed by atoms with Crippen LogP contribution in [0, 0.1) is 10.1 Å². The van der Waals surface area contributed by atoms with E-state index in [-0.39, 0.29) is 16.8 Å². The molecular formula is C19H22N2O4. The summed E-state index contributed by atoms with van der Waals surface area (Å²) in [5.41, 5.74) is 0.848. The van der Waals surface area contributed by atoms with Crippen LogP contribution in [0.3, 0.4) is 0 Å². The van der Waals surface area contributed by atoms with Gasteiger partial charge in [0.2, 0.25) is 0 Å². The van der Waals surface area contributed by atoms with E-state index in [0.29, 0.717) is 5.75 Å². The van der Waals surface area contributed by atoms with Crippen LogP contribution in [0.2, 0.25) is 0 Å². The predicted octanol–water partition coefficient (Wildman–Crippen LogP) is 4.30. The normalized spacial score (nSPS) is 12.3. The molecule has 0 saturated carbocycles. The predicted molar refractivity (Wildman–Crippen MR) is 97.0 cm³/mol. The maximum atomic E-state index is 12.4. The molecule has 6 heteroatoms. The molecule has 1 N–H and O–H groups in total. The lowest BCUT2D eigenvalue weighted by Crippen LogP contribution is -2.31. The molecule has 0 fully saturated rings. The molecule has 0 aliphatic carbocycles. The van der Waals surface area contributed by atoms with Gasteiger partial charge in [-0.1, -0.05) is 51.1 Å². The number of hydrogen-bond acceptors (Lipinski definition) is 4. The maximum Gasteiger partial charge on any atom is 0.292 e. The van der Waals surface area contributed by atoms with Crippen molar-refractivity contribution >= 4 is 17.3 Å². The Kier molecular flexibility index (Phi) is 5.41. The van der Waals surface area contributed by atoms with Gasteiger partial charge >= 0.3 is 0 Å². The largest absolute Gasteiger partial charge is 0.481 e. The van der Waals surface area contributed by atoms with Crippen LogP contribution < -0.4 is 10.1 Å². The lowest BCUT2D eigenvalue weighted by molar-refractivity contribution is -0.383. The standard InChI is InChI=1S/C19H22N2O4/c1-13(25-17-12-8-5-9-14(17)19(2,3)4)18(22)20-15-10-6-7-11-16(15)21(23)24/h5-13H,1-4H3,(H,20,22). The molecule has 2 aromatic carbocycles. The Hall–Kier alpha value is -2.89. The molecule has 1 unspecified atom stereocenters. The highest BCUT2D eigenvalue weighted by molar-refractivity contribution is 5.96. The summed E-state index contributed by atoms with van der Waals surface area (Å²) in [5.74, 6) is 0.179. The third-order valence-corrected chi connectivity index (χ3v) is 3.73. The second-order valence-corrected chi connectivity index (χ2v) is 6.77. The maximum absolute atomic E-state index is 12.4. The Bertz CT molecular complexity index is 781. The van der Waals surface area contributed by atoms with Crippen molar-refractivity contribution in [3.63, 3.8) is 0 Å². The lowest BCUT2D eigenvalue weighted by atomic mass is 9.86. The smallest absolute Gasteiger partial charge is 0.292 e. The van der Waals surface area contributed by atoms with Gasteiger partial charge in [-0.05, 0) is 30.0 Å².